The van der Waals surface area contributed by atoms with Crippen molar-refractivity contribution in [2.75, 3.05) is 0 Å². The van der Waals surface area contributed by atoms with Gasteiger partial charge in [-0.1, -0.05) is 22.8 Å². The standard InChI is InChI=1S/C12H11ClFN3O/c13-9-5-7(14)3-4-8(9)10(15)11-16-12(18-17-11)6-1-2-6/h3-6,10H,1-2,15H2. The van der Waals surface area contributed by atoms with Crippen LogP contribution in [0.25, 0.3) is 0 Å². The van der Waals surface area contributed by atoms with E-state index >= 15 is 0 Å². The highest BCUT2D eigenvalue weighted by atomic mass is 35.5. The zero-order valence-corrected chi connectivity index (χ0v) is 10.2. The average molecular weight is 268 g/mol. The molecule has 0 radical (unpaired) electrons. The largest absolute Gasteiger partial charge is 0.339 e. The van der Waals surface area contributed by atoms with Crippen molar-refractivity contribution in [3.63, 3.8) is 0 Å². The van der Waals surface area contributed by atoms with Crippen LogP contribution in [-0.2, 0) is 0 Å². The molecule has 0 spiro atoms. The number of aromatic nitrogens is 2. The van der Waals surface area contributed by atoms with Crippen molar-refractivity contribution in [2.45, 2.75) is 24.8 Å². The van der Waals surface area contributed by atoms with Gasteiger partial charge in [0.15, 0.2) is 5.82 Å². The van der Waals surface area contributed by atoms with Gasteiger partial charge in [0, 0.05) is 10.9 Å². The van der Waals surface area contributed by atoms with Crippen LogP contribution in [0.5, 0.6) is 0 Å². The summed E-state index contributed by atoms with van der Waals surface area (Å²) in [6.07, 6.45) is 2.16. The van der Waals surface area contributed by atoms with E-state index in [1.54, 1.807) is 0 Å². The molecule has 1 fully saturated rings. The fourth-order valence-corrected chi connectivity index (χ4v) is 2.05. The molecule has 0 saturated heterocycles. The van der Waals surface area contributed by atoms with E-state index in [0.29, 0.717) is 23.2 Å². The fourth-order valence-electron chi connectivity index (χ4n) is 1.76. The molecule has 1 heterocycles. The summed E-state index contributed by atoms with van der Waals surface area (Å²) in [6.45, 7) is 0. The molecule has 6 heteroatoms. The lowest BCUT2D eigenvalue weighted by Gasteiger charge is -2.09. The molecule has 2 aromatic rings. The van der Waals surface area contributed by atoms with Crippen LogP contribution < -0.4 is 5.73 Å². The maximum Gasteiger partial charge on any atom is 0.229 e. The van der Waals surface area contributed by atoms with E-state index in [1.807, 2.05) is 0 Å². The zero-order chi connectivity index (χ0) is 12.7. The highest BCUT2D eigenvalue weighted by molar-refractivity contribution is 6.31. The van der Waals surface area contributed by atoms with E-state index in [9.17, 15) is 4.39 Å². The van der Waals surface area contributed by atoms with Crippen LogP contribution >= 0.6 is 11.6 Å². The molecular weight excluding hydrogens is 257 g/mol. The quantitative estimate of drug-likeness (QED) is 0.929. The predicted molar refractivity (Wildman–Crippen MR) is 63.7 cm³/mol. The minimum Gasteiger partial charge on any atom is -0.339 e. The molecule has 0 aliphatic heterocycles. The molecule has 2 N–H and O–H groups in total. The van der Waals surface area contributed by atoms with Crippen molar-refractivity contribution in [2.24, 2.45) is 5.73 Å². The van der Waals surface area contributed by atoms with Crippen LogP contribution in [0.3, 0.4) is 0 Å². The minimum atomic E-state index is -0.602. The second-order valence-electron chi connectivity index (χ2n) is 4.41. The van der Waals surface area contributed by atoms with Crippen LogP contribution in [0.2, 0.25) is 5.02 Å². The van der Waals surface area contributed by atoms with Gasteiger partial charge in [-0.25, -0.2) is 4.39 Å². The number of hydrogen-bond acceptors (Lipinski definition) is 4. The molecule has 18 heavy (non-hydrogen) atoms. The van der Waals surface area contributed by atoms with E-state index in [0.717, 1.165) is 12.8 Å². The van der Waals surface area contributed by atoms with Crippen molar-refractivity contribution in [3.8, 4) is 0 Å². The van der Waals surface area contributed by atoms with E-state index in [-0.39, 0.29) is 5.02 Å². The van der Waals surface area contributed by atoms with Gasteiger partial charge < -0.3 is 10.3 Å². The Kier molecular flexibility index (Phi) is 2.80. The van der Waals surface area contributed by atoms with Crippen molar-refractivity contribution >= 4 is 11.6 Å². The van der Waals surface area contributed by atoms with Gasteiger partial charge >= 0.3 is 0 Å². The first kappa shape index (κ1) is 11.6. The first-order chi connectivity index (χ1) is 8.65. The summed E-state index contributed by atoms with van der Waals surface area (Å²) < 4.78 is 18.1. The third-order valence-electron chi connectivity index (χ3n) is 2.96. The monoisotopic (exact) mass is 267 g/mol. The molecule has 1 unspecified atom stereocenters. The fraction of sp³-hybridized carbons (Fsp3) is 0.333. The lowest BCUT2D eigenvalue weighted by molar-refractivity contribution is 0.372. The molecule has 1 aromatic carbocycles. The van der Waals surface area contributed by atoms with Crippen LogP contribution in [0.1, 0.15) is 42.1 Å². The molecule has 4 nitrogen and oxygen atoms in total. The lowest BCUT2D eigenvalue weighted by atomic mass is 10.1. The molecule has 94 valence electrons. The Balaban J connectivity index is 1.89. The van der Waals surface area contributed by atoms with E-state index in [2.05, 4.69) is 10.1 Å². The Labute approximate surface area is 108 Å². The highest BCUT2D eigenvalue weighted by Crippen LogP contribution is 2.39. The minimum absolute atomic E-state index is 0.264. The van der Waals surface area contributed by atoms with Gasteiger partial charge in [0.2, 0.25) is 5.89 Å². The number of benzene rings is 1. The number of hydrogen-bond donors (Lipinski definition) is 1. The Bertz CT molecular complexity index is 582. The Morgan fingerprint density at radius 3 is 2.89 bits per heavy atom. The number of nitrogens with two attached hydrogens (primary N) is 1. The second-order valence-corrected chi connectivity index (χ2v) is 4.82. The van der Waals surface area contributed by atoms with E-state index in [4.69, 9.17) is 21.9 Å². The maximum atomic E-state index is 13.0. The first-order valence-electron chi connectivity index (χ1n) is 5.69. The van der Waals surface area contributed by atoms with Crippen LogP contribution in [0.4, 0.5) is 4.39 Å². The first-order valence-corrected chi connectivity index (χ1v) is 6.07. The normalized spacial score (nSPS) is 16.8. The number of rotatable bonds is 3. The molecule has 1 aliphatic rings. The summed E-state index contributed by atoms with van der Waals surface area (Å²) in [4.78, 5) is 4.26. The molecule has 1 aliphatic carbocycles. The van der Waals surface area contributed by atoms with Gasteiger partial charge in [-0.2, -0.15) is 4.98 Å². The van der Waals surface area contributed by atoms with Crippen molar-refractivity contribution in [3.05, 3.63) is 46.3 Å². The zero-order valence-electron chi connectivity index (χ0n) is 9.44. The Hall–Kier alpha value is -1.46. The SMILES string of the molecule is NC(c1noc(C2CC2)n1)c1ccc(F)cc1Cl. The van der Waals surface area contributed by atoms with E-state index < -0.39 is 11.9 Å². The van der Waals surface area contributed by atoms with Crippen LogP contribution in [-0.4, -0.2) is 10.1 Å². The maximum absolute atomic E-state index is 13.0. The Morgan fingerprint density at radius 2 is 2.22 bits per heavy atom. The molecular formula is C12H11ClFN3O. The lowest BCUT2D eigenvalue weighted by Crippen LogP contribution is -2.14. The van der Waals surface area contributed by atoms with Crippen LogP contribution in [0.15, 0.2) is 22.7 Å². The van der Waals surface area contributed by atoms with Gasteiger partial charge in [0.05, 0.1) is 6.04 Å². The molecule has 0 amide bonds. The summed E-state index contributed by atoms with van der Waals surface area (Å²) in [5, 5.41) is 4.12. The van der Waals surface area contributed by atoms with E-state index in [1.165, 1.54) is 18.2 Å². The van der Waals surface area contributed by atoms with Gasteiger partial charge in [0.25, 0.3) is 0 Å². The second kappa shape index (κ2) is 4.33. The van der Waals surface area contributed by atoms with Gasteiger partial charge in [-0.3, -0.25) is 0 Å². The Morgan fingerprint density at radius 1 is 1.44 bits per heavy atom. The summed E-state index contributed by atoms with van der Waals surface area (Å²) in [6, 6.07) is 3.46. The van der Waals surface area contributed by atoms with Gasteiger partial charge in [-0.05, 0) is 30.5 Å². The predicted octanol–water partition coefficient (Wildman–Crippen LogP) is 2.79. The third-order valence-corrected chi connectivity index (χ3v) is 3.29. The van der Waals surface area contributed by atoms with Gasteiger partial charge in [0.1, 0.15) is 5.82 Å². The molecule has 1 saturated carbocycles. The molecule has 1 aromatic heterocycles. The number of nitrogens with zero attached hydrogens (tertiary/aromatic N) is 2. The summed E-state index contributed by atoms with van der Waals surface area (Å²) in [5.41, 5.74) is 6.59. The average Bonchev–Trinajstić information content (AvgIpc) is 3.06. The topological polar surface area (TPSA) is 64.9 Å². The summed E-state index contributed by atoms with van der Waals surface area (Å²) in [5.74, 6) is 0.981. The summed E-state index contributed by atoms with van der Waals surface area (Å²) >= 11 is 5.95. The molecule has 3 rings (SSSR count). The number of halogens is 2. The van der Waals surface area contributed by atoms with Crippen molar-refractivity contribution < 1.29 is 8.91 Å². The van der Waals surface area contributed by atoms with Gasteiger partial charge in [-0.15, -0.1) is 0 Å². The molecule has 1 atom stereocenters. The van der Waals surface area contributed by atoms with Crippen molar-refractivity contribution in [1.82, 2.24) is 10.1 Å². The highest BCUT2D eigenvalue weighted by Gasteiger charge is 2.30. The van der Waals surface area contributed by atoms with Crippen LogP contribution in [0, 0.1) is 5.82 Å². The smallest absolute Gasteiger partial charge is 0.229 e. The van der Waals surface area contributed by atoms with Crippen molar-refractivity contribution in [1.29, 1.82) is 0 Å². The summed E-state index contributed by atoms with van der Waals surface area (Å²) in [7, 11) is 0. The third kappa shape index (κ3) is 2.11. The molecule has 0 bridgehead atoms.